The van der Waals surface area contributed by atoms with Gasteiger partial charge in [-0.15, -0.1) is 0 Å². The van der Waals surface area contributed by atoms with Gasteiger partial charge < -0.3 is 14.2 Å². The fraction of sp³-hybridized carbons (Fsp3) is 0.421. The Morgan fingerprint density at radius 2 is 2.00 bits per heavy atom. The van der Waals surface area contributed by atoms with Crippen LogP contribution in [0, 0.1) is 5.92 Å². The first-order chi connectivity index (χ1) is 12.7. The number of aryl methyl sites for hydroxylation is 1. The Bertz CT molecular complexity index is 837. The van der Waals surface area contributed by atoms with E-state index in [1.807, 2.05) is 48.1 Å². The molecule has 0 saturated carbocycles. The molecule has 26 heavy (non-hydrogen) atoms. The second kappa shape index (κ2) is 7.39. The third kappa shape index (κ3) is 3.54. The number of aromatic nitrogens is 4. The summed E-state index contributed by atoms with van der Waals surface area (Å²) >= 11 is 0. The molecule has 0 unspecified atom stereocenters. The summed E-state index contributed by atoms with van der Waals surface area (Å²) < 4.78 is 7.29. The third-order valence-corrected chi connectivity index (χ3v) is 5.06. The number of hydrogen-bond donors (Lipinski definition) is 1. The Kier molecular flexibility index (Phi) is 4.81. The molecule has 1 aliphatic heterocycles. The molecule has 0 amide bonds. The topological polar surface area (TPSA) is 80.2 Å². The monoisotopic (exact) mass is 353 g/mol. The summed E-state index contributed by atoms with van der Waals surface area (Å²) in [6.45, 7) is 2.44. The van der Waals surface area contributed by atoms with Crippen molar-refractivity contribution in [2.75, 3.05) is 13.1 Å². The average Bonchev–Trinajstić information content (AvgIpc) is 3.32. The molecule has 1 aromatic carbocycles. The van der Waals surface area contributed by atoms with E-state index in [0.29, 0.717) is 18.3 Å². The van der Waals surface area contributed by atoms with Gasteiger partial charge in [-0.3, -0.25) is 4.90 Å². The van der Waals surface area contributed by atoms with E-state index < -0.39 is 6.10 Å². The molecule has 3 heterocycles. The molecule has 1 saturated heterocycles. The van der Waals surface area contributed by atoms with E-state index >= 15 is 0 Å². The van der Waals surface area contributed by atoms with Gasteiger partial charge in [-0.05, 0) is 31.8 Å². The lowest BCUT2D eigenvalue weighted by molar-refractivity contribution is 0.0466. The molecular formula is C19H23N5O2. The van der Waals surface area contributed by atoms with Gasteiger partial charge in [0.2, 0.25) is 11.7 Å². The molecule has 0 spiro atoms. The van der Waals surface area contributed by atoms with Crippen molar-refractivity contribution in [3.05, 3.63) is 54.4 Å². The van der Waals surface area contributed by atoms with E-state index in [1.54, 1.807) is 6.20 Å². The zero-order chi connectivity index (χ0) is 17.9. The molecule has 4 rings (SSSR count). The highest BCUT2D eigenvalue weighted by Gasteiger charge is 2.29. The Morgan fingerprint density at radius 1 is 1.23 bits per heavy atom. The SMILES string of the molecule is Cn1ccnc1[C@H](O)C1CCN(Cc2nc(-c3ccccc3)no2)CC1. The molecule has 0 aliphatic carbocycles. The lowest BCUT2D eigenvalue weighted by atomic mass is 9.91. The number of aliphatic hydroxyl groups is 1. The lowest BCUT2D eigenvalue weighted by Gasteiger charge is -2.33. The van der Waals surface area contributed by atoms with Gasteiger partial charge in [-0.1, -0.05) is 35.5 Å². The van der Waals surface area contributed by atoms with Gasteiger partial charge in [0.05, 0.1) is 6.54 Å². The van der Waals surface area contributed by atoms with Crippen molar-refractivity contribution in [2.24, 2.45) is 13.0 Å². The van der Waals surface area contributed by atoms with Gasteiger partial charge in [-0.2, -0.15) is 4.98 Å². The average molecular weight is 353 g/mol. The van der Waals surface area contributed by atoms with Crippen LogP contribution in [-0.2, 0) is 13.6 Å². The predicted molar refractivity (Wildman–Crippen MR) is 95.9 cm³/mol. The summed E-state index contributed by atoms with van der Waals surface area (Å²) in [5.74, 6) is 2.23. The van der Waals surface area contributed by atoms with Crippen molar-refractivity contribution in [3.63, 3.8) is 0 Å². The van der Waals surface area contributed by atoms with Crippen LogP contribution in [-0.4, -0.2) is 42.8 Å². The summed E-state index contributed by atoms with van der Waals surface area (Å²) in [7, 11) is 1.92. The Balaban J connectivity index is 1.33. The van der Waals surface area contributed by atoms with E-state index in [4.69, 9.17) is 4.52 Å². The van der Waals surface area contributed by atoms with Gasteiger partial charge in [0, 0.05) is 25.0 Å². The molecular weight excluding hydrogens is 330 g/mol. The largest absolute Gasteiger partial charge is 0.385 e. The molecule has 7 heteroatoms. The highest BCUT2D eigenvalue weighted by Crippen LogP contribution is 2.30. The first kappa shape index (κ1) is 16.9. The molecule has 7 nitrogen and oxygen atoms in total. The quantitative estimate of drug-likeness (QED) is 0.759. The normalized spacial score (nSPS) is 17.5. The Morgan fingerprint density at radius 3 is 2.69 bits per heavy atom. The summed E-state index contributed by atoms with van der Waals surface area (Å²) in [5.41, 5.74) is 0.958. The van der Waals surface area contributed by atoms with E-state index in [2.05, 4.69) is 20.0 Å². The lowest BCUT2D eigenvalue weighted by Crippen LogP contribution is -2.35. The molecule has 0 bridgehead atoms. The van der Waals surface area contributed by atoms with Crippen molar-refractivity contribution >= 4 is 0 Å². The molecule has 1 atom stereocenters. The highest BCUT2D eigenvalue weighted by molar-refractivity contribution is 5.53. The Hall–Kier alpha value is -2.51. The molecule has 1 N–H and O–H groups in total. The number of aliphatic hydroxyl groups excluding tert-OH is 1. The van der Waals surface area contributed by atoms with E-state index in [9.17, 15) is 5.11 Å². The minimum absolute atomic E-state index is 0.231. The van der Waals surface area contributed by atoms with Gasteiger partial charge in [0.15, 0.2) is 0 Å². The van der Waals surface area contributed by atoms with Crippen LogP contribution < -0.4 is 0 Å². The third-order valence-electron chi connectivity index (χ3n) is 5.06. The number of piperidine rings is 1. The minimum Gasteiger partial charge on any atom is -0.385 e. The zero-order valence-corrected chi connectivity index (χ0v) is 14.8. The van der Waals surface area contributed by atoms with Crippen LogP contribution in [0.25, 0.3) is 11.4 Å². The van der Waals surface area contributed by atoms with E-state index in [0.717, 1.165) is 37.3 Å². The van der Waals surface area contributed by atoms with Crippen LogP contribution in [0.2, 0.25) is 0 Å². The summed E-state index contributed by atoms with van der Waals surface area (Å²) in [6.07, 6.45) is 4.94. The van der Waals surface area contributed by atoms with Crippen molar-refractivity contribution < 1.29 is 9.63 Å². The zero-order valence-electron chi connectivity index (χ0n) is 14.8. The van der Waals surface area contributed by atoms with Crippen LogP contribution >= 0.6 is 0 Å². The number of hydrogen-bond acceptors (Lipinski definition) is 6. The van der Waals surface area contributed by atoms with Gasteiger partial charge >= 0.3 is 0 Å². The van der Waals surface area contributed by atoms with Crippen molar-refractivity contribution in [1.82, 2.24) is 24.6 Å². The minimum atomic E-state index is -0.509. The number of likely N-dealkylation sites (tertiary alicyclic amines) is 1. The smallest absolute Gasteiger partial charge is 0.241 e. The molecule has 136 valence electrons. The standard InChI is InChI=1S/C19H23N5O2/c1-23-12-9-20-19(23)17(25)14-7-10-24(11-8-14)13-16-21-18(22-26-16)15-5-3-2-4-6-15/h2-6,9,12,14,17,25H,7-8,10-11,13H2,1H3/t17-/m1/s1. The van der Waals surface area contributed by atoms with Gasteiger partial charge in [0.1, 0.15) is 11.9 Å². The van der Waals surface area contributed by atoms with Gasteiger partial charge in [-0.25, -0.2) is 4.98 Å². The van der Waals surface area contributed by atoms with Crippen LogP contribution in [0.4, 0.5) is 0 Å². The maximum Gasteiger partial charge on any atom is 0.241 e. The number of benzene rings is 1. The van der Waals surface area contributed by atoms with Crippen molar-refractivity contribution in [2.45, 2.75) is 25.5 Å². The van der Waals surface area contributed by atoms with Crippen molar-refractivity contribution in [1.29, 1.82) is 0 Å². The predicted octanol–water partition coefficient (Wildman–Crippen LogP) is 2.42. The molecule has 0 radical (unpaired) electrons. The van der Waals surface area contributed by atoms with E-state index in [1.165, 1.54) is 0 Å². The highest BCUT2D eigenvalue weighted by atomic mass is 16.5. The van der Waals surface area contributed by atoms with Crippen LogP contribution in [0.5, 0.6) is 0 Å². The molecule has 1 fully saturated rings. The summed E-state index contributed by atoms with van der Waals surface area (Å²) in [6, 6.07) is 9.83. The molecule has 1 aliphatic rings. The fourth-order valence-electron chi connectivity index (χ4n) is 3.51. The summed E-state index contributed by atoms with van der Waals surface area (Å²) in [5, 5.41) is 14.7. The fourth-order valence-corrected chi connectivity index (χ4v) is 3.51. The number of rotatable bonds is 5. The van der Waals surface area contributed by atoms with E-state index in [-0.39, 0.29) is 5.92 Å². The molecule has 2 aromatic heterocycles. The first-order valence-corrected chi connectivity index (χ1v) is 8.96. The molecule has 3 aromatic rings. The van der Waals surface area contributed by atoms with Crippen molar-refractivity contribution in [3.8, 4) is 11.4 Å². The second-order valence-corrected chi connectivity index (χ2v) is 6.83. The second-order valence-electron chi connectivity index (χ2n) is 6.83. The number of imidazole rings is 1. The Labute approximate surface area is 152 Å². The van der Waals surface area contributed by atoms with Crippen LogP contribution in [0.15, 0.2) is 47.2 Å². The van der Waals surface area contributed by atoms with Crippen LogP contribution in [0.3, 0.4) is 0 Å². The van der Waals surface area contributed by atoms with Gasteiger partial charge in [0.25, 0.3) is 0 Å². The first-order valence-electron chi connectivity index (χ1n) is 8.96. The summed E-state index contributed by atoms with van der Waals surface area (Å²) in [4.78, 5) is 11.1. The number of nitrogens with zero attached hydrogens (tertiary/aromatic N) is 5. The van der Waals surface area contributed by atoms with Crippen LogP contribution in [0.1, 0.15) is 30.7 Å². The maximum absolute atomic E-state index is 10.6. The maximum atomic E-state index is 10.6.